The van der Waals surface area contributed by atoms with Crippen LogP contribution in [0.25, 0.3) is 22.3 Å². The number of carbonyl (C=O) groups is 1. The standard InChI is InChI=1S/C22H21N5O4/c1-22(2)16-8-13(31-10-12(29)9-28)4-6-14(16)19(30)18-15-5-3-11(21-24-26-27-25-21)7-17(15)23-20(18)22/h3-8,12,23,28-29H,9-10H2,1-2H3,(H,24,25,26,27). The van der Waals surface area contributed by atoms with Crippen LogP contribution in [0.1, 0.15) is 41.0 Å². The normalized spacial score (nSPS) is 15.5. The molecule has 9 heteroatoms. The number of tetrazole rings is 1. The minimum absolute atomic E-state index is 0.0276. The van der Waals surface area contributed by atoms with E-state index in [-0.39, 0.29) is 19.0 Å². The third-order valence-corrected chi connectivity index (χ3v) is 5.82. The summed E-state index contributed by atoms with van der Waals surface area (Å²) in [4.78, 5) is 16.9. The Labute approximate surface area is 177 Å². The number of ketones is 1. The summed E-state index contributed by atoms with van der Waals surface area (Å²) in [7, 11) is 0. The number of rotatable bonds is 5. The third-order valence-electron chi connectivity index (χ3n) is 5.82. The van der Waals surface area contributed by atoms with E-state index < -0.39 is 11.5 Å². The number of hydrogen-bond acceptors (Lipinski definition) is 7. The molecular weight excluding hydrogens is 398 g/mol. The van der Waals surface area contributed by atoms with Gasteiger partial charge in [0.05, 0.1) is 12.2 Å². The first-order valence-electron chi connectivity index (χ1n) is 9.91. The molecule has 0 amide bonds. The Morgan fingerprint density at radius 3 is 2.77 bits per heavy atom. The summed E-state index contributed by atoms with van der Waals surface area (Å²) in [6.07, 6.45) is -0.959. The van der Waals surface area contributed by atoms with Gasteiger partial charge in [0.2, 0.25) is 5.82 Å². The van der Waals surface area contributed by atoms with E-state index in [1.165, 1.54) is 0 Å². The first-order valence-corrected chi connectivity index (χ1v) is 9.91. The molecule has 2 aromatic carbocycles. The van der Waals surface area contributed by atoms with E-state index in [1.54, 1.807) is 12.1 Å². The number of aliphatic hydroxyl groups excluding tert-OH is 2. The van der Waals surface area contributed by atoms with Crippen molar-refractivity contribution in [2.24, 2.45) is 0 Å². The molecule has 31 heavy (non-hydrogen) atoms. The van der Waals surface area contributed by atoms with Gasteiger partial charge < -0.3 is 19.9 Å². The number of H-pyrrole nitrogens is 2. The molecule has 0 fully saturated rings. The van der Waals surface area contributed by atoms with Gasteiger partial charge in [-0.05, 0) is 35.0 Å². The van der Waals surface area contributed by atoms with Crippen LogP contribution >= 0.6 is 0 Å². The maximum absolute atomic E-state index is 13.4. The van der Waals surface area contributed by atoms with E-state index in [1.807, 2.05) is 24.3 Å². The molecule has 1 aliphatic rings. The fourth-order valence-corrected chi connectivity index (χ4v) is 4.17. The predicted molar refractivity (Wildman–Crippen MR) is 112 cm³/mol. The van der Waals surface area contributed by atoms with Gasteiger partial charge in [0.25, 0.3) is 0 Å². The predicted octanol–water partition coefficient (Wildman–Crippen LogP) is 1.95. The number of carbonyl (C=O) groups excluding carboxylic acids is 1. The summed E-state index contributed by atoms with van der Waals surface area (Å²) in [5.41, 5.74) is 4.08. The van der Waals surface area contributed by atoms with Crippen LogP contribution in [0.5, 0.6) is 5.75 Å². The topological polar surface area (TPSA) is 137 Å². The van der Waals surface area contributed by atoms with Gasteiger partial charge in [-0.2, -0.15) is 5.21 Å². The number of ether oxygens (including phenoxy) is 1. The van der Waals surface area contributed by atoms with Crippen molar-refractivity contribution in [3.05, 3.63) is 58.8 Å². The van der Waals surface area contributed by atoms with Crippen LogP contribution in [0.2, 0.25) is 0 Å². The second kappa shape index (κ2) is 7.00. The van der Waals surface area contributed by atoms with E-state index >= 15 is 0 Å². The van der Waals surface area contributed by atoms with Gasteiger partial charge in [0.15, 0.2) is 5.78 Å². The summed E-state index contributed by atoms with van der Waals surface area (Å²) >= 11 is 0. The van der Waals surface area contributed by atoms with Crippen molar-refractivity contribution in [3.63, 3.8) is 0 Å². The summed E-state index contributed by atoms with van der Waals surface area (Å²) in [5.74, 6) is 0.964. The molecule has 1 unspecified atom stereocenters. The first-order chi connectivity index (χ1) is 14.9. The van der Waals surface area contributed by atoms with Crippen molar-refractivity contribution in [3.8, 4) is 17.1 Å². The SMILES string of the molecule is CC1(C)c2cc(OCC(O)CO)ccc2C(=O)c2c1[nH]c1cc(-c3nn[nH]n3)ccc21. The van der Waals surface area contributed by atoms with Gasteiger partial charge in [0, 0.05) is 33.1 Å². The van der Waals surface area contributed by atoms with Gasteiger partial charge in [-0.1, -0.05) is 26.0 Å². The highest BCUT2D eigenvalue weighted by Crippen LogP contribution is 2.45. The number of nitrogens with one attached hydrogen (secondary N) is 2. The zero-order chi connectivity index (χ0) is 21.8. The van der Waals surface area contributed by atoms with E-state index in [0.717, 1.165) is 27.7 Å². The van der Waals surface area contributed by atoms with E-state index in [9.17, 15) is 9.90 Å². The summed E-state index contributed by atoms with van der Waals surface area (Å²) in [5, 5.41) is 33.5. The quantitative estimate of drug-likeness (QED) is 0.388. The largest absolute Gasteiger partial charge is 0.491 e. The van der Waals surface area contributed by atoms with Crippen molar-refractivity contribution >= 4 is 16.7 Å². The Balaban J connectivity index is 1.60. The van der Waals surface area contributed by atoms with Gasteiger partial charge in [-0.25, -0.2) is 0 Å². The Hall–Kier alpha value is -3.56. The molecule has 0 saturated carbocycles. The number of benzene rings is 2. The van der Waals surface area contributed by atoms with Gasteiger partial charge in [-0.3, -0.25) is 4.79 Å². The van der Waals surface area contributed by atoms with E-state index in [4.69, 9.17) is 9.84 Å². The fourth-order valence-electron chi connectivity index (χ4n) is 4.17. The molecule has 1 aliphatic carbocycles. The average molecular weight is 419 g/mol. The van der Waals surface area contributed by atoms with Crippen molar-refractivity contribution in [1.29, 1.82) is 0 Å². The van der Waals surface area contributed by atoms with Crippen LogP contribution in [0.3, 0.4) is 0 Å². The van der Waals surface area contributed by atoms with E-state index in [0.29, 0.717) is 22.7 Å². The molecule has 0 saturated heterocycles. The lowest BCUT2D eigenvalue weighted by atomic mass is 9.71. The van der Waals surface area contributed by atoms with Crippen molar-refractivity contribution in [1.82, 2.24) is 25.6 Å². The smallest absolute Gasteiger partial charge is 0.204 e. The monoisotopic (exact) mass is 419 g/mol. The summed E-state index contributed by atoms with van der Waals surface area (Å²) < 4.78 is 5.60. The van der Waals surface area contributed by atoms with Crippen LogP contribution in [0, 0.1) is 0 Å². The molecule has 9 nitrogen and oxygen atoms in total. The average Bonchev–Trinajstić information content (AvgIpc) is 3.44. The van der Waals surface area contributed by atoms with Crippen LogP contribution in [0.15, 0.2) is 36.4 Å². The van der Waals surface area contributed by atoms with E-state index in [2.05, 4.69) is 39.5 Å². The summed E-state index contributed by atoms with van der Waals surface area (Å²) in [6.45, 7) is 3.71. The zero-order valence-corrected chi connectivity index (χ0v) is 17.0. The maximum Gasteiger partial charge on any atom is 0.204 e. The number of aromatic nitrogens is 5. The molecule has 0 aliphatic heterocycles. The van der Waals surface area contributed by atoms with Gasteiger partial charge in [-0.15, -0.1) is 10.2 Å². The highest BCUT2D eigenvalue weighted by molar-refractivity contribution is 6.20. The lowest BCUT2D eigenvalue weighted by molar-refractivity contribution is 0.0535. The highest BCUT2D eigenvalue weighted by atomic mass is 16.5. The molecule has 4 N–H and O–H groups in total. The van der Waals surface area contributed by atoms with Crippen LogP contribution < -0.4 is 4.74 Å². The number of nitrogens with zero attached hydrogens (tertiary/aromatic N) is 3. The first kappa shape index (κ1) is 19.4. The number of aromatic amines is 2. The molecule has 4 aromatic rings. The van der Waals surface area contributed by atoms with Gasteiger partial charge in [0.1, 0.15) is 18.5 Å². The zero-order valence-electron chi connectivity index (χ0n) is 17.0. The van der Waals surface area contributed by atoms with Crippen molar-refractivity contribution in [2.75, 3.05) is 13.2 Å². The Morgan fingerprint density at radius 1 is 1.19 bits per heavy atom. The second-order valence-corrected chi connectivity index (χ2v) is 8.18. The van der Waals surface area contributed by atoms with Crippen LogP contribution in [-0.2, 0) is 5.41 Å². The number of aliphatic hydroxyl groups is 2. The van der Waals surface area contributed by atoms with Crippen LogP contribution in [0.4, 0.5) is 0 Å². The Morgan fingerprint density at radius 2 is 2.03 bits per heavy atom. The molecular formula is C22H21N5O4. The lowest BCUT2D eigenvalue weighted by Crippen LogP contribution is -2.30. The second-order valence-electron chi connectivity index (χ2n) is 8.18. The van der Waals surface area contributed by atoms with Gasteiger partial charge >= 0.3 is 0 Å². The maximum atomic E-state index is 13.4. The molecule has 0 bridgehead atoms. The van der Waals surface area contributed by atoms with Crippen molar-refractivity contribution in [2.45, 2.75) is 25.4 Å². The molecule has 0 spiro atoms. The van der Waals surface area contributed by atoms with Crippen LogP contribution in [-0.4, -0.2) is 60.9 Å². The number of fused-ring (bicyclic) bond motifs is 4. The minimum atomic E-state index is -0.959. The molecule has 2 heterocycles. The Kier molecular flexibility index (Phi) is 4.38. The molecule has 158 valence electrons. The fraction of sp³-hybridized carbons (Fsp3) is 0.273. The molecule has 1 atom stereocenters. The number of hydrogen-bond donors (Lipinski definition) is 4. The Bertz CT molecular complexity index is 1290. The molecule has 0 radical (unpaired) electrons. The summed E-state index contributed by atoms with van der Waals surface area (Å²) in [6, 6.07) is 11.0. The molecule has 2 aromatic heterocycles. The highest BCUT2D eigenvalue weighted by Gasteiger charge is 2.39. The lowest BCUT2D eigenvalue weighted by Gasteiger charge is -2.32. The molecule has 5 rings (SSSR count). The van der Waals surface area contributed by atoms with Crippen molar-refractivity contribution < 1.29 is 19.7 Å². The third kappa shape index (κ3) is 3.01. The minimum Gasteiger partial charge on any atom is -0.491 e.